The number of benzene rings is 1. The van der Waals surface area contributed by atoms with E-state index in [4.69, 9.17) is 0 Å². The van der Waals surface area contributed by atoms with E-state index in [-0.39, 0.29) is 11.8 Å². The third-order valence-corrected chi connectivity index (χ3v) is 6.60. The predicted octanol–water partition coefficient (Wildman–Crippen LogP) is 4.25. The molecule has 29 heavy (non-hydrogen) atoms. The second kappa shape index (κ2) is 10.8. The van der Waals surface area contributed by atoms with E-state index >= 15 is 0 Å². The highest BCUT2D eigenvalue weighted by Crippen LogP contribution is 2.23. The molecule has 2 aliphatic rings. The van der Waals surface area contributed by atoms with E-state index < -0.39 is 0 Å². The normalized spacial score (nSPS) is 20.1. The second-order valence-corrected chi connectivity index (χ2v) is 8.77. The number of amides is 2. The summed E-state index contributed by atoms with van der Waals surface area (Å²) in [6.45, 7) is 8.31. The van der Waals surface area contributed by atoms with Gasteiger partial charge in [0.2, 0.25) is 11.8 Å². The molecule has 5 nitrogen and oxygen atoms in total. The Morgan fingerprint density at radius 3 is 2.21 bits per heavy atom. The number of anilines is 1. The van der Waals surface area contributed by atoms with Crippen LogP contribution in [0.4, 0.5) is 5.69 Å². The van der Waals surface area contributed by atoms with E-state index in [1.165, 1.54) is 18.4 Å². The molecule has 2 saturated heterocycles. The summed E-state index contributed by atoms with van der Waals surface area (Å²) in [7, 11) is 0. The number of hydrogen-bond donors (Lipinski definition) is 1. The van der Waals surface area contributed by atoms with Gasteiger partial charge in [0.15, 0.2) is 0 Å². The molecule has 2 heterocycles. The van der Waals surface area contributed by atoms with E-state index in [0.717, 1.165) is 64.0 Å². The Labute approximate surface area is 175 Å². The average Bonchev–Trinajstić information content (AvgIpc) is 3.03. The van der Waals surface area contributed by atoms with Crippen molar-refractivity contribution in [2.24, 2.45) is 5.92 Å². The quantitative estimate of drug-likeness (QED) is 0.778. The van der Waals surface area contributed by atoms with Crippen LogP contribution in [0, 0.1) is 5.92 Å². The number of carbonyl (C=O) groups is 2. The summed E-state index contributed by atoms with van der Waals surface area (Å²) >= 11 is 0. The molecular weight excluding hydrogens is 362 g/mol. The maximum atomic E-state index is 12.8. The van der Waals surface area contributed by atoms with Gasteiger partial charge in [0, 0.05) is 24.7 Å². The van der Waals surface area contributed by atoms with Gasteiger partial charge in [-0.1, -0.05) is 38.8 Å². The molecule has 0 saturated carbocycles. The Hall–Kier alpha value is -1.88. The monoisotopic (exact) mass is 399 g/mol. The van der Waals surface area contributed by atoms with Crippen molar-refractivity contribution in [2.75, 3.05) is 38.0 Å². The summed E-state index contributed by atoms with van der Waals surface area (Å²) in [5, 5.41) is 3.01. The van der Waals surface area contributed by atoms with Gasteiger partial charge >= 0.3 is 0 Å². The number of nitrogens with zero attached hydrogens (tertiary/aromatic N) is 2. The van der Waals surface area contributed by atoms with Gasteiger partial charge in [0.25, 0.3) is 0 Å². The maximum Gasteiger partial charge on any atom is 0.238 e. The first kappa shape index (κ1) is 21.8. The minimum absolute atomic E-state index is 0.0265. The number of piperidine rings is 1. The van der Waals surface area contributed by atoms with Crippen molar-refractivity contribution in [1.29, 1.82) is 0 Å². The Balaban J connectivity index is 1.41. The van der Waals surface area contributed by atoms with Gasteiger partial charge in [0.1, 0.15) is 0 Å². The molecule has 2 amide bonds. The molecular formula is C24H37N3O2. The molecule has 3 rings (SSSR count). The van der Waals surface area contributed by atoms with Crippen molar-refractivity contribution in [3.63, 3.8) is 0 Å². The summed E-state index contributed by atoms with van der Waals surface area (Å²) in [6, 6.07) is 8.18. The van der Waals surface area contributed by atoms with Gasteiger partial charge in [-0.2, -0.15) is 0 Å². The highest BCUT2D eigenvalue weighted by Gasteiger charge is 2.29. The van der Waals surface area contributed by atoms with E-state index in [1.54, 1.807) is 0 Å². The summed E-state index contributed by atoms with van der Waals surface area (Å²) in [6.07, 6.45) is 7.63. The molecule has 2 fully saturated rings. The fourth-order valence-corrected chi connectivity index (χ4v) is 4.42. The molecule has 1 aromatic carbocycles. The van der Waals surface area contributed by atoms with Gasteiger partial charge in [-0.25, -0.2) is 0 Å². The molecule has 0 radical (unpaired) electrons. The van der Waals surface area contributed by atoms with Gasteiger partial charge in [-0.15, -0.1) is 0 Å². The first-order valence-corrected chi connectivity index (χ1v) is 11.5. The molecule has 1 unspecified atom stereocenters. The number of carbonyl (C=O) groups excluding carboxylic acids is 2. The highest BCUT2D eigenvalue weighted by atomic mass is 16.2. The first-order valence-electron chi connectivity index (χ1n) is 11.5. The third-order valence-electron chi connectivity index (χ3n) is 6.60. The van der Waals surface area contributed by atoms with E-state index in [1.807, 2.05) is 12.1 Å². The van der Waals surface area contributed by atoms with Crippen LogP contribution in [-0.4, -0.2) is 54.3 Å². The van der Waals surface area contributed by atoms with Crippen LogP contribution in [0.25, 0.3) is 0 Å². The molecule has 1 N–H and O–H groups in total. The Morgan fingerprint density at radius 1 is 1.00 bits per heavy atom. The minimum atomic E-state index is 0.0265. The molecule has 1 aromatic rings. The van der Waals surface area contributed by atoms with Crippen LogP contribution in [0.15, 0.2) is 24.3 Å². The molecule has 0 bridgehead atoms. The van der Waals surface area contributed by atoms with Crippen molar-refractivity contribution in [3.8, 4) is 0 Å². The summed E-state index contributed by atoms with van der Waals surface area (Å²) < 4.78 is 0. The van der Waals surface area contributed by atoms with Crippen molar-refractivity contribution in [2.45, 2.75) is 64.7 Å². The standard InChI is InChI=1S/C24H37N3O2/c1-3-19(2)20-8-10-22(11-9-20)25-23(28)18-26-16-12-21(13-17-26)24(29)27-14-6-4-5-7-15-27/h8-11,19,21H,3-7,12-18H2,1-2H3,(H,25,28). The predicted molar refractivity (Wildman–Crippen MR) is 118 cm³/mol. The van der Waals surface area contributed by atoms with Crippen LogP contribution in [0.5, 0.6) is 0 Å². The van der Waals surface area contributed by atoms with Gasteiger partial charge < -0.3 is 10.2 Å². The third kappa shape index (κ3) is 6.30. The Morgan fingerprint density at radius 2 is 1.62 bits per heavy atom. The van der Waals surface area contributed by atoms with Crippen LogP contribution in [-0.2, 0) is 9.59 Å². The number of rotatable bonds is 6. The second-order valence-electron chi connectivity index (χ2n) is 8.77. The molecule has 0 aromatic heterocycles. The lowest BCUT2D eigenvalue weighted by Crippen LogP contribution is -2.44. The summed E-state index contributed by atoms with van der Waals surface area (Å²) in [4.78, 5) is 29.5. The van der Waals surface area contributed by atoms with Crippen molar-refractivity contribution in [3.05, 3.63) is 29.8 Å². The smallest absolute Gasteiger partial charge is 0.238 e. The van der Waals surface area contributed by atoms with Gasteiger partial charge in [-0.3, -0.25) is 14.5 Å². The highest BCUT2D eigenvalue weighted by molar-refractivity contribution is 5.92. The maximum absolute atomic E-state index is 12.8. The lowest BCUT2D eigenvalue weighted by atomic mass is 9.95. The van der Waals surface area contributed by atoms with Gasteiger partial charge in [-0.05, 0) is 68.8 Å². The van der Waals surface area contributed by atoms with Crippen molar-refractivity contribution >= 4 is 17.5 Å². The van der Waals surface area contributed by atoms with E-state index in [0.29, 0.717) is 18.4 Å². The van der Waals surface area contributed by atoms with Crippen molar-refractivity contribution in [1.82, 2.24) is 9.80 Å². The fourth-order valence-electron chi connectivity index (χ4n) is 4.42. The zero-order valence-corrected chi connectivity index (χ0v) is 18.2. The molecule has 2 aliphatic heterocycles. The van der Waals surface area contributed by atoms with Crippen LogP contribution in [0.1, 0.15) is 70.3 Å². The molecule has 5 heteroatoms. The summed E-state index contributed by atoms with van der Waals surface area (Å²) in [5.74, 6) is 1.05. The Bertz CT molecular complexity index is 657. The number of likely N-dealkylation sites (tertiary alicyclic amines) is 2. The average molecular weight is 400 g/mol. The van der Waals surface area contributed by atoms with Crippen LogP contribution in [0.2, 0.25) is 0 Å². The zero-order chi connectivity index (χ0) is 20.6. The van der Waals surface area contributed by atoms with Crippen LogP contribution in [0.3, 0.4) is 0 Å². The van der Waals surface area contributed by atoms with E-state index in [2.05, 4.69) is 41.1 Å². The fraction of sp³-hybridized carbons (Fsp3) is 0.667. The Kier molecular flexibility index (Phi) is 8.10. The van der Waals surface area contributed by atoms with Crippen LogP contribution >= 0.6 is 0 Å². The lowest BCUT2D eigenvalue weighted by molar-refractivity contribution is -0.137. The molecule has 0 aliphatic carbocycles. The number of nitrogens with one attached hydrogen (secondary N) is 1. The largest absolute Gasteiger partial charge is 0.342 e. The molecule has 0 spiro atoms. The van der Waals surface area contributed by atoms with E-state index in [9.17, 15) is 9.59 Å². The topological polar surface area (TPSA) is 52.7 Å². The van der Waals surface area contributed by atoms with Crippen LogP contribution < -0.4 is 5.32 Å². The van der Waals surface area contributed by atoms with Crippen molar-refractivity contribution < 1.29 is 9.59 Å². The summed E-state index contributed by atoms with van der Waals surface area (Å²) in [5.41, 5.74) is 2.16. The molecule has 160 valence electrons. The number of hydrogen-bond acceptors (Lipinski definition) is 3. The lowest BCUT2D eigenvalue weighted by Gasteiger charge is -2.33. The molecule has 1 atom stereocenters. The SMILES string of the molecule is CCC(C)c1ccc(NC(=O)CN2CCC(C(=O)N3CCCCCC3)CC2)cc1. The first-order chi connectivity index (χ1) is 14.1. The van der Waals surface area contributed by atoms with Gasteiger partial charge in [0.05, 0.1) is 6.54 Å². The minimum Gasteiger partial charge on any atom is -0.342 e. The zero-order valence-electron chi connectivity index (χ0n) is 18.2.